The Morgan fingerprint density at radius 2 is 1.96 bits per heavy atom. The van der Waals surface area contributed by atoms with Crippen LogP contribution in [0.25, 0.3) is 0 Å². The average Bonchev–Trinajstić information content (AvgIpc) is 2.55. The van der Waals surface area contributed by atoms with E-state index in [0.717, 1.165) is 0 Å². The van der Waals surface area contributed by atoms with Crippen LogP contribution in [0.15, 0.2) is 16.6 Å². The second-order valence-corrected chi connectivity index (χ2v) is 8.66. The molecule has 0 bridgehead atoms. The summed E-state index contributed by atoms with van der Waals surface area (Å²) in [6.45, 7) is -0.624. The molecule has 1 aliphatic rings. The maximum Gasteiger partial charge on any atom is 0.466 e. The molecule has 0 aromatic carbocycles. The second kappa shape index (κ2) is 10.7. The van der Waals surface area contributed by atoms with Gasteiger partial charge in [-0.15, -0.1) is 0 Å². The molecule has 1 aliphatic heterocycles. The van der Waals surface area contributed by atoms with Gasteiger partial charge in [-0.05, 0) is 11.8 Å². The molecule has 1 saturated heterocycles. The van der Waals surface area contributed by atoms with E-state index in [9.17, 15) is 27.9 Å². The Kier molecular flexibility index (Phi) is 9.63. The van der Waals surface area contributed by atoms with Crippen LogP contribution in [0, 0.1) is 0 Å². The van der Waals surface area contributed by atoms with Crippen LogP contribution in [0.4, 0.5) is 0 Å². The van der Waals surface area contributed by atoms with E-state index in [4.69, 9.17) is 14.4 Å². The third-order valence-electron chi connectivity index (χ3n) is 3.15. The Balaban J connectivity index is 2.87. The smallest absolute Gasteiger partial charge is 0.394 e. The molecule has 0 aromatic rings. The van der Waals surface area contributed by atoms with Gasteiger partial charge in [-0.2, -0.15) is 8.42 Å². The molecule has 6 unspecified atom stereocenters. The van der Waals surface area contributed by atoms with Gasteiger partial charge in [0.05, 0.1) is 6.61 Å². The molecule has 0 aliphatic carbocycles. The SMILES string of the molecule is CS(=O)/C=C/CC/C(=N\OS(=O)(=O)O)SC1OC(CO)C(O)C(O)C1O. The average molecular weight is 435 g/mol. The van der Waals surface area contributed by atoms with Gasteiger partial charge in [0.1, 0.15) is 34.9 Å². The number of rotatable bonds is 8. The van der Waals surface area contributed by atoms with Gasteiger partial charge < -0.3 is 25.2 Å². The van der Waals surface area contributed by atoms with E-state index in [1.165, 1.54) is 11.7 Å². The number of thioether (sulfide) groups is 1. The van der Waals surface area contributed by atoms with Crippen LogP contribution in [0.1, 0.15) is 12.8 Å². The van der Waals surface area contributed by atoms with Crippen molar-refractivity contribution in [2.45, 2.75) is 42.7 Å². The van der Waals surface area contributed by atoms with Gasteiger partial charge in [-0.25, -0.2) is 4.28 Å². The quantitative estimate of drug-likeness (QED) is 0.127. The highest BCUT2D eigenvalue weighted by molar-refractivity contribution is 8.14. The molecule has 14 heteroatoms. The summed E-state index contributed by atoms with van der Waals surface area (Å²) in [6, 6.07) is 0. The standard InChI is InChI=1S/C12H21NO10S3/c1-25(18)5-3-2-4-8(13-23-26(19,20)21)24-12-11(17)10(16)9(15)7(6-14)22-12/h3,5,7,9-12,14-17H,2,4,6H2,1H3,(H,19,20,21)/b5-3+,13-8+. The number of hydrogen-bond donors (Lipinski definition) is 5. The van der Waals surface area contributed by atoms with Crippen molar-refractivity contribution in [1.82, 2.24) is 0 Å². The summed E-state index contributed by atoms with van der Waals surface area (Å²) in [5.74, 6) is 0. The third kappa shape index (κ3) is 7.98. The van der Waals surface area contributed by atoms with Crippen molar-refractivity contribution in [2.75, 3.05) is 12.9 Å². The number of oxime groups is 1. The Bertz CT molecular complexity index is 635. The minimum absolute atomic E-state index is 0.0292. The molecule has 26 heavy (non-hydrogen) atoms. The molecule has 1 rings (SSSR count). The number of ether oxygens (including phenoxy) is 1. The van der Waals surface area contributed by atoms with E-state index in [1.54, 1.807) is 6.08 Å². The van der Waals surface area contributed by atoms with E-state index in [1.807, 2.05) is 0 Å². The van der Waals surface area contributed by atoms with Crippen LogP contribution in [-0.4, -0.2) is 85.4 Å². The molecule has 11 nitrogen and oxygen atoms in total. The summed E-state index contributed by atoms with van der Waals surface area (Å²) in [7, 11) is -6.03. The van der Waals surface area contributed by atoms with Gasteiger partial charge >= 0.3 is 10.4 Å². The van der Waals surface area contributed by atoms with Crippen molar-refractivity contribution in [2.24, 2.45) is 5.16 Å². The number of aliphatic hydroxyl groups excluding tert-OH is 4. The summed E-state index contributed by atoms with van der Waals surface area (Å²) < 4.78 is 50.2. The normalized spacial score (nSPS) is 31.9. The number of aliphatic hydroxyl groups is 4. The number of nitrogens with zero attached hydrogens (tertiary/aromatic N) is 1. The van der Waals surface area contributed by atoms with Crippen molar-refractivity contribution < 1.29 is 46.6 Å². The van der Waals surface area contributed by atoms with E-state index in [2.05, 4.69) is 9.44 Å². The van der Waals surface area contributed by atoms with Crippen molar-refractivity contribution in [1.29, 1.82) is 0 Å². The predicted molar refractivity (Wildman–Crippen MR) is 93.9 cm³/mol. The predicted octanol–water partition coefficient (Wildman–Crippen LogP) is -1.68. The number of hydrogen-bond acceptors (Lipinski definition) is 11. The lowest BCUT2D eigenvalue weighted by atomic mass is 10.0. The van der Waals surface area contributed by atoms with Crippen LogP contribution in [0.2, 0.25) is 0 Å². The molecule has 5 N–H and O–H groups in total. The highest BCUT2D eigenvalue weighted by Gasteiger charge is 2.44. The van der Waals surface area contributed by atoms with Crippen LogP contribution >= 0.6 is 11.8 Å². The maximum absolute atomic E-state index is 11.0. The first-order valence-electron chi connectivity index (χ1n) is 7.24. The van der Waals surface area contributed by atoms with Crippen LogP contribution in [-0.2, 0) is 30.2 Å². The highest BCUT2D eigenvalue weighted by atomic mass is 32.3. The Morgan fingerprint density at radius 3 is 2.50 bits per heavy atom. The summed E-state index contributed by atoms with van der Waals surface area (Å²) in [4.78, 5) is 0. The molecule has 0 spiro atoms. The largest absolute Gasteiger partial charge is 0.466 e. The van der Waals surface area contributed by atoms with Crippen molar-refractivity contribution in [3.8, 4) is 0 Å². The minimum Gasteiger partial charge on any atom is -0.394 e. The zero-order valence-corrected chi connectivity index (χ0v) is 16.1. The maximum atomic E-state index is 11.0. The molecule has 0 saturated carbocycles. The molecular formula is C12H21NO10S3. The summed E-state index contributed by atoms with van der Waals surface area (Å²) in [6.07, 6.45) is -2.50. The molecule has 0 radical (unpaired) electrons. The monoisotopic (exact) mass is 435 g/mol. The van der Waals surface area contributed by atoms with Crippen LogP contribution in [0.5, 0.6) is 0 Å². The van der Waals surface area contributed by atoms with E-state index < -0.39 is 57.7 Å². The molecule has 1 heterocycles. The Labute approximate surface area is 157 Å². The fourth-order valence-electron chi connectivity index (χ4n) is 1.92. The van der Waals surface area contributed by atoms with Crippen molar-refractivity contribution in [3.05, 3.63) is 11.5 Å². The molecular weight excluding hydrogens is 414 g/mol. The summed E-state index contributed by atoms with van der Waals surface area (Å²) in [5, 5.41) is 43.3. The van der Waals surface area contributed by atoms with E-state index in [0.29, 0.717) is 11.8 Å². The lowest BCUT2D eigenvalue weighted by Crippen LogP contribution is -2.57. The lowest BCUT2D eigenvalue weighted by molar-refractivity contribution is -0.205. The van der Waals surface area contributed by atoms with Crippen molar-refractivity contribution >= 4 is 38.0 Å². The van der Waals surface area contributed by atoms with Crippen molar-refractivity contribution in [3.63, 3.8) is 0 Å². The Morgan fingerprint density at radius 1 is 1.31 bits per heavy atom. The lowest BCUT2D eigenvalue weighted by Gasteiger charge is -2.39. The molecule has 0 aromatic heterocycles. The first-order valence-corrected chi connectivity index (χ1v) is 11.1. The van der Waals surface area contributed by atoms with Gasteiger partial charge in [0.25, 0.3) is 0 Å². The first-order chi connectivity index (χ1) is 12.0. The van der Waals surface area contributed by atoms with Gasteiger partial charge in [0.2, 0.25) is 0 Å². The van der Waals surface area contributed by atoms with Crippen LogP contribution in [0.3, 0.4) is 0 Å². The van der Waals surface area contributed by atoms with Gasteiger partial charge in [-0.3, -0.25) is 8.76 Å². The molecule has 152 valence electrons. The van der Waals surface area contributed by atoms with Gasteiger partial charge in [-0.1, -0.05) is 23.0 Å². The molecule has 0 amide bonds. The Hall–Kier alpha value is -0.580. The third-order valence-corrected chi connectivity index (χ3v) is 5.16. The zero-order valence-electron chi connectivity index (χ0n) is 13.6. The highest BCUT2D eigenvalue weighted by Crippen LogP contribution is 2.30. The van der Waals surface area contributed by atoms with Gasteiger partial charge in [0, 0.05) is 23.5 Å². The molecule has 1 fully saturated rings. The van der Waals surface area contributed by atoms with Gasteiger partial charge in [0.15, 0.2) is 0 Å². The van der Waals surface area contributed by atoms with E-state index in [-0.39, 0.29) is 17.9 Å². The second-order valence-electron chi connectivity index (χ2n) is 5.21. The van der Waals surface area contributed by atoms with E-state index >= 15 is 0 Å². The van der Waals surface area contributed by atoms with Crippen LogP contribution < -0.4 is 0 Å². The topological polar surface area (TPSA) is 183 Å². The summed E-state index contributed by atoms with van der Waals surface area (Å²) in [5.41, 5.74) is -1.20. The molecule has 6 atom stereocenters. The fourth-order valence-corrected chi connectivity index (χ4v) is 3.65. The minimum atomic E-state index is -4.85. The fraction of sp³-hybridized carbons (Fsp3) is 0.750. The summed E-state index contributed by atoms with van der Waals surface area (Å²) >= 11 is 0.683. The number of allylic oxidation sites excluding steroid dienone is 1. The first kappa shape index (κ1) is 23.5. The zero-order chi connectivity index (χ0) is 19.9.